The number of aliphatic carboxylic acids is 1. The Hall–Kier alpha value is -1.51. The third kappa shape index (κ3) is 1.98. The van der Waals surface area contributed by atoms with E-state index in [0.717, 1.165) is 38.6 Å². The summed E-state index contributed by atoms with van der Waals surface area (Å²) in [5.41, 5.74) is 2.81. The maximum atomic E-state index is 11.0. The largest absolute Gasteiger partial charge is 0.481 e. The smallest absolute Gasteiger partial charge is 0.306 e. The van der Waals surface area contributed by atoms with E-state index in [-0.39, 0.29) is 5.92 Å². The van der Waals surface area contributed by atoms with Crippen molar-refractivity contribution in [1.29, 1.82) is 0 Å². The fraction of sp³-hybridized carbons (Fsp3) is 0.533. The van der Waals surface area contributed by atoms with Gasteiger partial charge in [-0.2, -0.15) is 0 Å². The Morgan fingerprint density at radius 2 is 1.89 bits per heavy atom. The zero-order valence-electron chi connectivity index (χ0n) is 10.5. The molecule has 0 bridgehead atoms. The number of carbonyl (C=O) groups is 1. The first kappa shape index (κ1) is 11.6. The van der Waals surface area contributed by atoms with E-state index in [9.17, 15) is 4.79 Å². The van der Waals surface area contributed by atoms with Crippen LogP contribution >= 0.6 is 0 Å². The molecular formula is C15H19NO2. The number of hydrogen-bond acceptors (Lipinski definition) is 2. The van der Waals surface area contributed by atoms with Crippen molar-refractivity contribution in [3.63, 3.8) is 0 Å². The highest BCUT2D eigenvalue weighted by Crippen LogP contribution is 2.35. The van der Waals surface area contributed by atoms with Gasteiger partial charge in [0.05, 0.1) is 5.92 Å². The Morgan fingerprint density at radius 3 is 2.61 bits per heavy atom. The Kier molecular flexibility index (Phi) is 2.98. The number of rotatable bonds is 2. The van der Waals surface area contributed by atoms with Crippen LogP contribution in [0.4, 0.5) is 5.69 Å². The van der Waals surface area contributed by atoms with Gasteiger partial charge in [-0.25, -0.2) is 0 Å². The lowest BCUT2D eigenvalue weighted by Gasteiger charge is -2.35. The molecule has 1 heterocycles. The SMILES string of the molecule is O=C(O)C1CCC(N2CCc3ccccc32)CC1. The Labute approximate surface area is 107 Å². The number of nitrogens with zero attached hydrogens (tertiary/aromatic N) is 1. The Bertz CT molecular complexity index is 450. The van der Waals surface area contributed by atoms with Crippen molar-refractivity contribution < 1.29 is 9.90 Å². The molecule has 0 aromatic heterocycles. The molecule has 3 nitrogen and oxygen atoms in total. The number of benzene rings is 1. The number of para-hydroxylation sites is 1. The van der Waals surface area contributed by atoms with Gasteiger partial charge >= 0.3 is 5.97 Å². The highest BCUT2D eigenvalue weighted by molar-refractivity contribution is 5.70. The number of hydrogen-bond donors (Lipinski definition) is 1. The first-order chi connectivity index (χ1) is 8.75. The third-order valence-electron chi connectivity index (χ3n) is 4.41. The maximum Gasteiger partial charge on any atom is 0.306 e. The number of carboxylic acid groups (broad SMARTS) is 1. The summed E-state index contributed by atoms with van der Waals surface area (Å²) in [4.78, 5) is 13.5. The average molecular weight is 245 g/mol. The molecule has 96 valence electrons. The lowest BCUT2D eigenvalue weighted by molar-refractivity contribution is -0.142. The molecule has 1 saturated carbocycles. The summed E-state index contributed by atoms with van der Waals surface area (Å²) in [6.45, 7) is 1.10. The summed E-state index contributed by atoms with van der Waals surface area (Å²) in [5, 5.41) is 9.03. The second-order valence-electron chi connectivity index (χ2n) is 5.42. The number of fused-ring (bicyclic) bond motifs is 1. The summed E-state index contributed by atoms with van der Waals surface area (Å²) in [5.74, 6) is -0.727. The molecule has 1 aromatic rings. The predicted octanol–water partition coefficient (Wildman–Crippen LogP) is 2.69. The van der Waals surface area contributed by atoms with Crippen molar-refractivity contribution >= 4 is 11.7 Å². The molecule has 0 atom stereocenters. The van der Waals surface area contributed by atoms with Crippen LogP contribution in [0.5, 0.6) is 0 Å². The van der Waals surface area contributed by atoms with Gasteiger partial charge in [-0.05, 0) is 43.7 Å². The van der Waals surface area contributed by atoms with Crippen LogP contribution in [0.2, 0.25) is 0 Å². The van der Waals surface area contributed by atoms with Crippen molar-refractivity contribution in [2.24, 2.45) is 5.92 Å². The van der Waals surface area contributed by atoms with Crippen LogP contribution in [0.3, 0.4) is 0 Å². The minimum atomic E-state index is -0.615. The highest BCUT2D eigenvalue weighted by atomic mass is 16.4. The van der Waals surface area contributed by atoms with Crippen molar-refractivity contribution in [2.45, 2.75) is 38.1 Å². The molecule has 1 aliphatic carbocycles. The van der Waals surface area contributed by atoms with Gasteiger partial charge in [-0.3, -0.25) is 4.79 Å². The molecule has 0 amide bonds. The summed E-state index contributed by atoms with van der Waals surface area (Å²) < 4.78 is 0. The minimum Gasteiger partial charge on any atom is -0.481 e. The van der Waals surface area contributed by atoms with Gasteiger partial charge in [-0.15, -0.1) is 0 Å². The normalized spacial score (nSPS) is 27.0. The Morgan fingerprint density at radius 1 is 1.17 bits per heavy atom. The lowest BCUT2D eigenvalue weighted by Crippen LogP contribution is -2.38. The molecule has 2 aliphatic rings. The zero-order chi connectivity index (χ0) is 12.5. The molecular weight excluding hydrogens is 226 g/mol. The van der Waals surface area contributed by atoms with Crippen LogP contribution in [-0.4, -0.2) is 23.7 Å². The molecule has 1 fully saturated rings. The van der Waals surface area contributed by atoms with Crippen molar-refractivity contribution in [1.82, 2.24) is 0 Å². The zero-order valence-corrected chi connectivity index (χ0v) is 10.5. The molecule has 1 N–H and O–H groups in total. The van der Waals surface area contributed by atoms with Crippen LogP contribution in [0, 0.1) is 5.92 Å². The maximum absolute atomic E-state index is 11.0. The summed E-state index contributed by atoms with van der Waals surface area (Å²) in [7, 11) is 0. The van der Waals surface area contributed by atoms with Gasteiger partial charge in [0.1, 0.15) is 0 Å². The summed E-state index contributed by atoms with van der Waals surface area (Å²) in [6, 6.07) is 9.15. The predicted molar refractivity (Wildman–Crippen MR) is 70.9 cm³/mol. The summed E-state index contributed by atoms with van der Waals surface area (Å²) in [6.07, 6.45) is 4.84. The van der Waals surface area contributed by atoms with E-state index in [0.29, 0.717) is 6.04 Å². The fourth-order valence-corrected chi connectivity index (χ4v) is 3.38. The van der Waals surface area contributed by atoms with Gasteiger partial charge in [0.25, 0.3) is 0 Å². The van der Waals surface area contributed by atoms with E-state index >= 15 is 0 Å². The van der Waals surface area contributed by atoms with E-state index in [4.69, 9.17) is 5.11 Å². The third-order valence-corrected chi connectivity index (χ3v) is 4.41. The molecule has 0 spiro atoms. The van der Waals surface area contributed by atoms with Crippen molar-refractivity contribution in [2.75, 3.05) is 11.4 Å². The van der Waals surface area contributed by atoms with Gasteiger partial charge in [0.15, 0.2) is 0 Å². The quantitative estimate of drug-likeness (QED) is 0.871. The van der Waals surface area contributed by atoms with Gasteiger partial charge < -0.3 is 10.0 Å². The van der Waals surface area contributed by atoms with Gasteiger partial charge in [0.2, 0.25) is 0 Å². The first-order valence-corrected chi connectivity index (χ1v) is 6.83. The molecule has 18 heavy (non-hydrogen) atoms. The van der Waals surface area contributed by atoms with E-state index in [1.54, 1.807) is 0 Å². The van der Waals surface area contributed by atoms with Crippen molar-refractivity contribution in [3.05, 3.63) is 29.8 Å². The minimum absolute atomic E-state index is 0.112. The molecule has 1 aromatic carbocycles. The average Bonchev–Trinajstić information content (AvgIpc) is 2.82. The van der Waals surface area contributed by atoms with Crippen LogP contribution < -0.4 is 4.90 Å². The standard InChI is InChI=1S/C15H19NO2/c17-15(18)12-5-7-13(8-6-12)16-10-9-11-3-1-2-4-14(11)16/h1-4,12-13H,5-10H2,(H,17,18). The molecule has 0 unspecified atom stereocenters. The molecule has 3 heteroatoms. The van der Waals surface area contributed by atoms with Crippen LogP contribution in [0.25, 0.3) is 0 Å². The molecule has 3 rings (SSSR count). The van der Waals surface area contributed by atoms with E-state index in [2.05, 4.69) is 29.2 Å². The number of anilines is 1. The van der Waals surface area contributed by atoms with E-state index in [1.165, 1.54) is 11.3 Å². The second kappa shape index (κ2) is 4.63. The van der Waals surface area contributed by atoms with Crippen LogP contribution in [0.15, 0.2) is 24.3 Å². The summed E-state index contributed by atoms with van der Waals surface area (Å²) >= 11 is 0. The second-order valence-corrected chi connectivity index (χ2v) is 5.42. The topological polar surface area (TPSA) is 40.5 Å². The van der Waals surface area contributed by atoms with Gasteiger partial charge in [-0.1, -0.05) is 18.2 Å². The lowest BCUT2D eigenvalue weighted by atomic mass is 9.85. The molecule has 1 aliphatic heterocycles. The highest BCUT2D eigenvalue weighted by Gasteiger charge is 2.31. The molecule has 0 saturated heterocycles. The van der Waals surface area contributed by atoms with Crippen LogP contribution in [-0.2, 0) is 11.2 Å². The van der Waals surface area contributed by atoms with Gasteiger partial charge in [0, 0.05) is 18.3 Å². The van der Waals surface area contributed by atoms with Crippen LogP contribution in [0.1, 0.15) is 31.2 Å². The fourth-order valence-electron chi connectivity index (χ4n) is 3.38. The monoisotopic (exact) mass is 245 g/mol. The van der Waals surface area contributed by atoms with E-state index < -0.39 is 5.97 Å². The Balaban J connectivity index is 1.70. The van der Waals surface area contributed by atoms with Crippen molar-refractivity contribution in [3.8, 4) is 0 Å². The molecule has 0 radical (unpaired) electrons. The number of carboxylic acids is 1. The first-order valence-electron chi connectivity index (χ1n) is 6.83. The van der Waals surface area contributed by atoms with E-state index in [1.807, 2.05) is 0 Å².